The number of hydrogen-bond donors (Lipinski definition) is 0. The van der Waals surface area contributed by atoms with E-state index >= 15 is 0 Å². The molecule has 0 bridgehead atoms. The summed E-state index contributed by atoms with van der Waals surface area (Å²) < 4.78 is 25.0. The van der Waals surface area contributed by atoms with Crippen LogP contribution in [-0.4, -0.2) is 20.0 Å². The molecule has 1 unspecified atom stereocenters. The van der Waals surface area contributed by atoms with Crippen LogP contribution in [0.1, 0.15) is 24.8 Å². The van der Waals surface area contributed by atoms with Crippen molar-refractivity contribution in [2.45, 2.75) is 24.2 Å². The van der Waals surface area contributed by atoms with Crippen molar-refractivity contribution in [1.29, 1.82) is 0 Å². The molecule has 0 amide bonds. The molecular formula is C17H18O3S. The van der Waals surface area contributed by atoms with E-state index in [1.807, 2.05) is 18.2 Å². The summed E-state index contributed by atoms with van der Waals surface area (Å²) in [6.45, 7) is 1.76. The first-order valence-corrected chi connectivity index (χ1v) is 8.55. The van der Waals surface area contributed by atoms with Crippen molar-refractivity contribution in [2.75, 3.05) is 5.75 Å². The van der Waals surface area contributed by atoms with Crippen molar-refractivity contribution in [3.63, 3.8) is 0 Å². The first-order chi connectivity index (χ1) is 10.0. The molecule has 0 aliphatic carbocycles. The van der Waals surface area contributed by atoms with E-state index in [4.69, 9.17) is 0 Å². The molecule has 110 valence electrons. The molecule has 0 saturated carbocycles. The van der Waals surface area contributed by atoms with Crippen molar-refractivity contribution < 1.29 is 13.2 Å². The van der Waals surface area contributed by atoms with Gasteiger partial charge in [0.15, 0.2) is 9.84 Å². The van der Waals surface area contributed by atoms with Gasteiger partial charge in [0.2, 0.25) is 0 Å². The molecule has 1 atom stereocenters. The maximum absolute atomic E-state index is 12.5. The van der Waals surface area contributed by atoms with Crippen LogP contribution < -0.4 is 0 Å². The fourth-order valence-corrected chi connectivity index (χ4v) is 3.83. The largest absolute Gasteiger partial charge is 0.299 e. The van der Waals surface area contributed by atoms with E-state index < -0.39 is 15.8 Å². The van der Waals surface area contributed by atoms with Gasteiger partial charge in [-0.3, -0.25) is 4.79 Å². The highest BCUT2D eigenvalue weighted by Crippen LogP contribution is 2.23. The van der Waals surface area contributed by atoms with Crippen LogP contribution in [0.25, 0.3) is 0 Å². The molecule has 0 N–H and O–H groups in total. The standard InChI is InChI=1S/C17H18O3S/c1-2-17(18)16(14-9-5-3-6-10-14)13-21(19,20)15-11-7-4-8-12-15/h3-12,16H,2,13H2,1H3. The number of benzene rings is 2. The van der Waals surface area contributed by atoms with Gasteiger partial charge in [-0.15, -0.1) is 0 Å². The molecular weight excluding hydrogens is 284 g/mol. The van der Waals surface area contributed by atoms with Gasteiger partial charge < -0.3 is 0 Å². The molecule has 2 aromatic rings. The Kier molecular flexibility index (Phi) is 4.91. The Bertz CT molecular complexity index is 691. The van der Waals surface area contributed by atoms with Crippen LogP contribution in [0.15, 0.2) is 65.6 Å². The van der Waals surface area contributed by atoms with E-state index in [9.17, 15) is 13.2 Å². The number of ketones is 1. The van der Waals surface area contributed by atoms with Crippen LogP contribution in [0.5, 0.6) is 0 Å². The Hall–Kier alpha value is -1.94. The van der Waals surface area contributed by atoms with Crippen LogP contribution in [-0.2, 0) is 14.6 Å². The second kappa shape index (κ2) is 6.68. The monoisotopic (exact) mass is 302 g/mol. The van der Waals surface area contributed by atoms with Gasteiger partial charge in [-0.2, -0.15) is 0 Å². The van der Waals surface area contributed by atoms with Crippen LogP contribution in [0.2, 0.25) is 0 Å². The molecule has 4 heteroatoms. The predicted molar refractivity (Wildman–Crippen MR) is 83.0 cm³/mol. The molecule has 0 saturated heterocycles. The summed E-state index contributed by atoms with van der Waals surface area (Å²) in [7, 11) is -3.48. The quantitative estimate of drug-likeness (QED) is 0.823. The Labute approximate surface area is 125 Å². The first-order valence-electron chi connectivity index (χ1n) is 6.90. The minimum atomic E-state index is -3.48. The summed E-state index contributed by atoms with van der Waals surface area (Å²) in [5.41, 5.74) is 0.754. The highest BCUT2D eigenvalue weighted by atomic mass is 32.2. The highest BCUT2D eigenvalue weighted by Gasteiger charge is 2.26. The van der Waals surface area contributed by atoms with Gasteiger partial charge in [-0.1, -0.05) is 55.5 Å². The van der Waals surface area contributed by atoms with Gasteiger partial charge in [0, 0.05) is 6.42 Å². The third-order valence-electron chi connectivity index (χ3n) is 3.43. The number of Topliss-reactive ketones (excluding diaryl/α,β-unsaturated/α-hetero) is 1. The summed E-state index contributed by atoms with van der Waals surface area (Å²) in [5, 5.41) is 0. The maximum atomic E-state index is 12.5. The zero-order valence-corrected chi connectivity index (χ0v) is 12.7. The average Bonchev–Trinajstić information content (AvgIpc) is 2.53. The topological polar surface area (TPSA) is 51.2 Å². The molecule has 2 rings (SSSR count). The number of hydrogen-bond acceptors (Lipinski definition) is 3. The third kappa shape index (κ3) is 3.79. The van der Waals surface area contributed by atoms with E-state index in [2.05, 4.69) is 0 Å². The fourth-order valence-electron chi connectivity index (χ4n) is 2.25. The average molecular weight is 302 g/mol. The molecule has 0 aliphatic rings. The van der Waals surface area contributed by atoms with Gasteiger partial charge >= 0.3 is 0 Å². The minimum Gasteiger partial charge on any atom is -0.299 e. The zero-order valence-electron chi connectivity index (χ0n) is 11.9. The molecule has 3 nitrogen and oxygen atoms in total. The summed E-state index contributed by atoms with van der Waals surface area (Å²) >= 11 is 0. The number of rotatable bonds is 6. The Morgan fingerprint density at radius 3 is 2.00 bits per heavy atom. The molecule has 2 aromatic carbocycles. The zero-order chi connectivity index (χ0) is 15.3. The van der Waals surface area contributed by atoms with Gasteiger partial charge in [0.05, 0.1) is 16.6 Å². The normalized spacial score (nSPS) is 12.8. The van der Waals surface area contributed by atoms with E-state index in [0.29, 0.717) is 6.42 Å². The van der Waals surface area contributed by atoms with Crippen LogP contribution >= 0.6 is 0 Å². The fraction of sp³-hybridized carbons (Fsp3) is 0.235. The second-order valence-electron chi connectivity index (χ2n) is 4.88. The minimum absolute atomic E-state index is 0.0549. The predicted octanol–water partition coefficient (Wildman–Crippen LogP) is 3.22. The summed E-state index contributed by atoms with van der Waals surface area (Å²) in [6, 6.07) is 17.4. The van der Waals surface area contributed by atoms with Gasteiger partial charge in [0.1, 0.15) is 5.78 Å². The van der Waals surface area contributed by atoms with Crippen molar-refractivity contribution in [3.8, 4) is 0 Å². The van der Waals surface area contributed by atoms with Crippen molar-refractivity contribution in [1.82, 2.24) is 0 Å². The summed E-state index contributed by atoms with van der Waals surface area (Å²) in [5.74, 6) is -0.852. The molecule has 0 aliphatic heterocycles. The lowest BCUT2D eigenvalue weighted by molar-refractivity contribution is -0.119. The Morgan fingerprint density at radius 2 is 1.48 bits per heavy atom. The van der Waals surface area contributed by atoms with Crippen molar-refractivity contribution in [3.05, 3.63) is 66.2 Å². The molecule has 0 fully saturated rings. The van der Waals surface area contributed by atoms with Crippen LogP contribution in [0.3, 0.4) is 0 Å². The lowest BCUT2D eigenvalue weighted by Gasteiger charge is -2.16. The third-order valence-corrected chi connectivity index (χ3v) is 5.19. The van der Waals surface area contributed by atoms with Crippen LogP contribution in [0.4, 0.5) is 0 Å². The lowest BCUT2D eigenvalue weighted by atomic mass is 9.95. The smallest absolute Gasteiger partial charge is 0.179 e. The van der Waals surface area contributed by atoms with Crippen molar-refractivity contribution in [2.24, 2.45) is 0 Å². The molecule has 0 heterocycles. The molecule has 0 aromatic heterocycles. The van der Waals surface area contributed by atoms with Gasteiger partial charge in [-0.05, 0) is 17.7 Å². The van der Waals surface area contributed by atoms with Crippen LogP contribution in [0, 0.1) is 0 Å². The summed E-state index contributed by atoms with van der Waals surface area (Å²) in [6.07, 6.45) is 0.323. The van der Waals surface area contributed by atoms with E-state index in [1.165, 1.54) is 0 Å². The lowest BCUT2D eigenvalue weighted by Crippen LogP contribution is -2.22. The highest BCUT2D eigenvalue weighted by molar-refractivity contribution is 7.91. The van der Waals surface area contributed by atoms with E-state index in [0.717, 1.165) is 5.56 Å². The molecule has 21 heavy (non-hydrogen) atoms. The van der Waals surface area contributed by atoms with Crippen molar-refractivity contribution >= 4 is 15.6 Å². The number of carbonyl (C=O) groups excluding carboxylic acids is 1. The van der Waals surface area contributed by atoms with E-state index in [-0.39, 0.29) is 16.4 Å². The maximum Gasteiger partial charge on any atom is 0.179 e. The van der Waals surface area contributed by atoms with E-state index in [1.54, 1.807) is 49.4 Å². The molecule has 0 spiro atoms. The van der Waals surface area contributed by atoms with Gasteiger partial charge in [0.25, 0.3) is 0 Å². The number of sulfone groups is 1. The molecule has 0 radical (unpaired) electrons. The second-order valence-corrected chi connectivity index (χ2v) is 6.91. The van der Waals surface area contributed by atoms with Gasteiger partial charge in [-0.25, -0.2) is 8.42 Å². The SMILES string of the molecule is CCC(=O)C(CS(=O)(=O)c1ccccc1)c1ccccc1. The number of carbonyl (C=O) groups is 1. The Morgan fingerprint density at radius 1 is 0.952 bits per heavy atom. The first kappa shape index (κ1) is 15.4. The summed E-state index contributed by atoms with van der Waals surface area (Å²) in [4.78, 5) is 12.4. The Balaban J connectivity index is 2.34.